The van der Waals surface area contributed by atoms with Gasteiger partial charge in [-0.2, -0.15) is 5.26 Å². The molecule has 80 valence electrons. The molecule has 16 heavy (non-hydrogen) atoms. The van der Waals surface area contributed by atoms with Crippen LogP contribution in [-0.2, 0) is 0 Å². The highest BCUT2D eigenvalue weighted by atomic mass is 19.1. The fraction of sp³-hybridized carbons (Fsp3) is 0.0909. The van der Waals surface area contributed by atoms with Crippen molar-refractivity contribution < 1.29 is 8.78 Å². The summed E-state index contributed by atoms with van der Waals surface area (Å²) in [4.78, 5) is 5.37. The monoisotopic (exact) mass is 219 g/mol. The quantitative estimate of drug-likeness (QED) is 0.726. The minimum absolute atomic E-state index is 0.0737. The lowest BCUT2D eigenvalue weighted by Gasteiger charge is -2.20. The first kappa shape index (κ1) is 10.3. The average Bonchev–Trinajstić information content (AvgIpc) is 2.32. The number of hydrogen-bond acceptors (Lipinski definition) is 3. The Morgan fingerprint density at radius 1 is 1.31 bits per heavy atom. The molecule has 0 N–H and O–H groups in total. The van der Waals surface area contributed by atoms with E-state index in [1.807, 2.05) is 0 Å². The number of benzene rings is 1. The van der Waals surface area contributed by atoms with Gasteiger partial charge in [-0.3, -0.25) is 4.99 Å². The fourth-order valence-electron chi connectivity index (χ4n) is 1.38. The molecular formula is C11H7F2N3. The van der Waals surface area contributed by atoms with E-state index in [2.05, 4.69) is 4.99 Å². The Morgan fingerprint density at radius 3 is 2.75 bits per heavy atom. The van der Waals surface area contributed by atoms with E-state index in [9.17, 15) is 8.78 Å². The van der Waals surface area contributed by atoms with Gasteiger partial charge in [-0.15, -0.1) is 0 Å². The Morgan fingerprint density at radius 2 is 2.12 bits per heavy atom. The Bertz CT molecular complexity index is 515. The van der Waals surface area contributed by atoms with E-state index in [-0.39, 0.29) is 17.9 Å². The van der Waals surface area contributed by atoms with Gasteiger partial charge in [0.2, 0.25) is 0 Å². The maximum absolute atomic E-state index is 13.6. The summed E-state index contributed by atoms with van der Waals surface area (Å²) in [5.41, 5.74) is -0.227. The van der Waals surface area contributed by atoms with E-state index in [0.717, 1.165) is 12.1 Å². The smallest absolute Gasteiger partial charge is 0.148 e. The molecule has 2 rings (SSSR count). The van der Waals surface area contributed by atoms with Crippen molar-refractivity contribution in [2.45, 2.75) is 0 Å². The number of halogens is 2. The van der Waals surface area contributed by atoms with Gasteiger partial charge in [0.25, 0.3) is 0 Å². The number of rotatable bonds is 1. The van der Waals surface area contributed by atoms with Crippen molar-refractivity contribution in [3.05, 3.63) is 41.6 Å². The lowest BCUT2D eigenvalue weighted by molar-refractivity contribution is 0.595. The van der Waals surface area contributed by atoms with Crippen LogP contribution < -0.4 is 4.90 Å². The first-order valence-corrected chi connectivity index (χ1v) is 4.55. The van der Waals surface area contributed by atoms with Gasteiger partial charge in [0.1, 0.15) is 24.4 Å². The average molecular weight is 219 g/mol. The van der Waals surface area contributed by atoms with Crippen LogP contribution in [0.2, 0.25) is 0 Å². The minimum Gasteiger partial charge on any atom is -0.325 e. The molecule has 1 aliphatic rings. The molecule has 0 fully saturated rings. The van der Waals surface area contributed by atoms with Crippen LogP contribution in [0.5, 0.6) is 0 Å². The molecule has 0 unspecified atom stereocenters. The van der Waals surface area contributed by atoms with Crippen molar-refractivity contribution in [2.75, 3.05) is 11.6 Å². The zero-order valence-corrected chi connectivity index (χ0v) is 8.19. The first-order chi connectivity index (χ1) is 7.72. The van der Waals surface area contributed by atoms with Crippen molar-refractivity contribution >= 4 is 11.9 Å². The zero-order valence-electron chi connectivity index (χ0n) is 8.19. The molecule has 0 atom stereocenters. The molecule has 1 aromatic carbocycles. The first-order valence-electron chi connectivity index (χ1n) is 4.55. The molecule has 1 heterocycles. The van der Waals surface area contributed by atoms with Crippen LogP contribution in [0.25, 0.3) is 0 Å². The van der Waals surface area contributed by atoms with Crippen molar-refractivity contribution in [3.63, 3.8) is 0 Å². The summed E-state index contributed by atoms with van der Waals surface area (Å²) in [5.74, 6) is -1.37. The van der Waals surface area contributed by atoms with Crippen LogP contribution in [0.15, 0.2) is 29.4 Å². The molecular weight excluding hydrogens is 212 g/mol. The van der Waals surface area contributed by atoms with Gasteiger partial charge >= 0.3 is 0 Å². The maximum Gasteiger partial charge on any atom is 0.148 e. The fourth-order valence-corrected chi connectivity index (χ4v) is 1.38. The van der Waals surface area contributed by atoms with E-state index < -0.39 is 11.6 Å². The Balaban J connectivity index is 2.43. The van der Waals surface area contributed by atoms with Gasteiger partial charge in [0.15, 0.2) is 0 Å². The van der Waals surface area contributed by atoms with Gasteiger partial charge in [0.05, 0.1) is 11.3 Å². The molecule has 1 aromatic rings. The second-order valence-electron chi connectivity index (χ2n) is 3.18. The Kier molecular flexibility index (Phi) is 2.64. The highest BCUT2D eigenvalue weighted by Gasteiger charge is 2.14. The maximum atomic E-state index is 13.6. The van der Waals surface area contributed by atoms with Crippen LogP contribution in [0.4, 0.5) is 14.5 Å². The summed E-state index contributed by atoms with van der Waals surface area (Å²) in [6.45, 7) is 0.235. The van der Waals surface area contributed by atoms with Crippen molar-refractivity contribution in [1.82, 2.24) is 0 Å². The molecule has 0 amide bonds. The SMILES string of the molecule is N#Cc1cc(F)c(N2C=CC=NC2)cc1F. The number of aliphatic imine (C=N–C) groups is 1. The number of nitriles is 1. The Hall–Kier alpha value is -2.22. The van der Waals surface area contributed by atoms with E-state index in [0.29, 0.717) is 0 Å². The zero-order chi connectivity index (χ0) is 11.5. The van der Waals surface area contributed by atoms with E-state index in [1.165, 1.54) is 4.90 Å². The number of nitrogens with zero attached hydrogens (tertiary/aromatic N) is 3. The van der Waals surface area contributed by atoms with Crippen LogP contribution >= 0.6 is 0 Å². The molecule has 5 heteroatoms. The summed E-state index contributed by atoms with van der Waals surface area (Å²) < 4.78 is 26.9. The van der Waals surface area contributed by atoms with Crippen molar-refractivity contribution in [1.29, 1.82) is 5.26 Å². The van der Waals surface area contributed by atoms with Crippen LogP contribution in [0.3, 0.4) is 0 Å². The number of allylic oxidation sites excluding steroid dienone is 1. The topological polar surface area (TPSA) is 39.4 Å². The highest BCUT2D eigenvalue weighted by Crippen LogP contribution is 2.23. The minimum atomic E-state index is -0.734. The molecule has 0 spiro atoms. The second kappa shape index (κ2) is 4.11. The molecule has 0 aliphatic carbocycles. The lowest BCUT2D eigenvalue weighted by atomic mass is 10.2. The van der Waals surface area contributed by atoms with E-state index in [1.54, 1.807) is 24.6 Å². The predicted molar refractivity (Wildman–Crippen MR) is 56.1 cm³/mol. The van der Waals surface area contributed by atoms with Gasteiger partial charge in [-0.05, 0) is 12.1 Å². The van der Waals surface area contributed by atoms with Gasteiger partial charge < -0.3 is 4.90 Å². The second-order valence-corrected chi connectivity index (χ2v) is 3.18. The number of anilines is 1. The van der Waals surface area contributed by atoms with Crippen LogP contribution in [0, 0.1) is 23.0 Å². The summed E-state index contributed by atoms with van der Waals surface area (Å²) in [5, 5.41) is 8.54. The molecule has 0 bridgehead atoms. The predicted octanol–water partition coefficient (Wildman–Crippen LogP) is 2.20. The normalized spacial score (nSPS) is 13.9. The largest absolute Gasteiger partial charge is 0.325 e. The van der Waals surface area contributed by atoms with Crippen molar-refractivity contribution in [2.24, 2.45) is 4.99 Å². The molecule has 0 aromatic heterocycles. The number of hydrogen-bond donors (Lipinski definition) is 0. The third-order valence-electron chi connectivity index (χ3n) is 2.16. The molecule has 1 aliphatic heterocycles. The summed E-state index contributed by atoms with van der Waals surface area (Å²) in [7, 11) is 0. The summed E-state index contributed by atoms with van der Waals surface area (Å²) in [6, 6.07) is 3.47. The van der Waals surface area contributed by atoms with Crippen molar-refractivity contribution in [3.8, 4) is 6.07 Å². The van der Waals surface area contributed by atoms with Crippen LogP contribution in [0.1, 0.15) is 5.56 Å². The molecule has 0 saturated carbocycles. The molecule has 0 saturated heterocycles. The standard InChI is InChI=1S/C11H7F2N3/c12-9-5-11(10(13)4-8(9)6-14)16-3-1-2-15-7-16/h1-5H,7H2. The summed E-state index contributed by atoms with van der Waals surface area (Å²) in [6.07, 6.45) is 4.80. The lowest BCUT2D eigenvalue weighted by Crippen LogP contribution is -2.19. The molecule has 3 nitrogen and oxygen atoms in total. The van der Waals surface area contributed by atoms with Crippen LogP contribution in [-0.4, -0.2) is 12.9 Å². The van der Waals surface area contributed by atoms with E-state index >= 15 is 0 Å². The third kappa shape index (κ3) is 1.77. The Labute approximate surface area is 90.9 Å². The molecule has 0 radical (unpaired) electrons. The van der Waals surface area contributed by atoms with Gasteiger partial charge in [0, 0.05) is 18.5 Å². The van der Waals surface area contributed by atoms with Gasteiger partial charge in [-0.1, -0.05) is 0 Å². The third-order valence-corrected chi connectivity index (χ3v) is 2.16. The highest BCUT2D eigenvalue weighted by molar-refractivity contribution is 5.74. The summed E-state index contributed by atoms with van der Waals surface area (Å²) >= 11 is 0. The van der Waals surface area contributed by atoms with Gasteiger partial charge in [-0.25, -0.2) is 8.78 Å². The van der Waals surface area contributed by atoms with E-state index in [4.69, 9.17) is 5.26 Å².